The van der Waals surface area contributed by atoms with Crippen molar-refractivity contribution in [1.29, 1.82) is 0 Å². The maximum absolute atomic E-state index is 13.8. The second kappa shape index (κ2) is 10.1. The molecule has 4 aliphatic rings. The Bertz CT molecular complexity index is 1250. The number of benzene rings is 2. The Balaban J connectivity index is 1.25. The standard InChI is InChI=1S/C30H35N5O2/c31-28-19-24(30(37)35(25-9-10-25)26-11-13-32-14-12-26)17-23-8-7-22(18-27(23)33-28)20-3-5-21(6-4-20)29(36)34-15-1-2-16-34/h3-8,17-18,25-26,32H,1-2,9-16,19H2,(H2,31,33). The Morgan fingerprint density at radius 2 is 1.59 bits per heavy atom. The van der Waals surface area contributed by atoms with Crippen molar-refractivity contribution in [3.05, 3.63) is 59.2 Å². The van der Waals surface area contributed by atoms with Crippen LogP contribution in [0.3, 0.4) is 0 Å². The van der Waals surface area contributed by atoms with Crippen molar-refractivity contribution >= 4 is 29.4 Å². The highest BCUT2D eigenvalue weighted by atomic mass is 16.2. The van der Waals surface area contributed by atoms with Gasteiger partial charge in [-0.25, -0.2) is 4.99 Å². The fourth-order valence-electron chi connectivity index (χ4n) is 5.85. The molecule has 3 N–H and O–H groups in total. The molecule has 0 bridgehead atoms. The summed E-state index contributed by atoms with van der Waals surface area (Å²) in [5, 5.41) is 3.41. The second-order valence-corrected chi connectivity index (χ2v) is 10.7. The smallest absolute Gasteiger partial charge is 0.253 e. The molecule has 1 saturated carbocycles. The number of piperidine rings is 1. The van der Waals surface area contributed by atoms with E-state index in [0.29, 0.717) is 24.3 Å². The molecule has 37 heavy (non-hydrogen) atoms. The molecule has 0 radical (unpaired) electrons. The molecule has 1 aliphatic carbocycles. The number of hydrogen-bond donors (Lipinski definition) is 2. The average Bonchev–Trinajstić information content (AvgIpc) is 3.63. The van der Waals surface area contributed by atoms with E-state index in [0.717, 1.165) is 98.2 Å². The van der Waals surface area contributed by atoms with Crippen LogP contribution in [0.2, 0.25) is 0 Å². The van der Waals surface area contributed by atoms with Gasteiger partial charge in [-0.15, -0.1) is 0 Å². The van der Waals surface area contributed by atoms with Gasteiger partial charge in [-0.1, -0.05) is 24.3 Å². The number of nitrogens with zero attached hydrogens (tertiary/aromatic N) is 3. The number of nitrogens with one attached hydrogen (secondary N) is 1. The first kappa shape index (κ1) is 23.9. The van der Waals surface area contributed by atoms with Crippen LogP contribution in [-0.4, -0.2) is 65.7 Å². The first-order valence-electron chi connectivity index (χ1n) is 13.7. The molecule has 2 aromatic carbocycles. The molecule has 7 nitrogen and oxygen atoms in total. The first-order chi connectivity index (χ1) is 18.1. The van der Waals surface area contributed by atoms with Crippen molar-refractivity contribution < 1.29 is 9.59 Å². The van der Waals surface area contributed by atoms with Gasteiger partial charge >= 0.3 is 0 Å². The molecule has 0 aromatic heterocycles. The molecule has 3 heterocycles. The number of nitrogens with two attached hydrogens (primary N) is 1. The third-order valence-electron chi connectivity index (χ3n) is 8.01. The lowest BCUT2D eigenvalue weighted by molar-refractivity contribution is -0.130. The van der Waals surface area contributed by atoms with Gasteiger partial charge in [0.15, 0.2) is 0 Å². The van der Waals surface area contributed by atoms with Crippen molar-refractivity contribution in [3.63, 3.8) is 0 Å². The summed E-state index contributed by atoms with van der Waals surface area (Å²) in [5.41, 5.74) is 11.5. The predicted octanol–water partition coefficient (Wildman–Crippen LogP) is 4.11. The zero-order valence-corrected chi connectivity index (χ0v) is 21.3. The number of amidine groups is 1. The van der Waals surface area contributed by atoms with Gasteiger partial charge < -0.3 is 20.9 Å². The number of rotatable bonds is 5. The molecule has 0 unspecified atom stereocenters. The van der Waals surface area contributed by atoms with Crippen LogP contribution in [0.25, 0.3) is 17.2 Å². The monoisotopic (exact) mass is 497 g/mol. The molecule has 3 aliphatic heterocycles. The fourth-order valence-corrected chi connectivity index (χ4v) is 5.85. The number of carbonyl (C=O) groups excluding carboxylic acids is 2. The molecule has 2 amide bonds. The summed E-state index contributed by atoms with van der Waals surface area (Å²) in [4.78, 5) is 35.2. The average molecular weight is 498 g/mol. The van der Waals surface area contributed by atoms with Gasteiger partial charge in [0.1, 0.15) is 5.84 Å². The molecule has 0 spiro atoms. The zero-order valence-electron chi connectivity index (χ0n) is 21.3. The molecule has 0 atom stereocenters. The normalized spacial score (nSPS) is 20.1. The van der Waals surface area contributed by atoms with Gasteiger partial charge in [0.2, 0.25) is 0 Å². The largest absolute Gasteiger partial charge is 0.387 e. The van der Waals surface area contributed by atoms with Crippen LogP contribution in [0.1, 0.15) is 60.9 Å². The van der Waals surface area contributed by atoms with Crippen LogP contribution in [0, 0.1) is 0 Å². The predicted molar refractivity (Wildman–Crippen MR) is 147 cm³/mol. The summed E-state index contributed by atoms with van der Waals surface area (Å²) in [5.74, 6) is 0.682. The highest BCUT2D eigenvalue weighted by molar-refractivity contribution is 6.06. The van der Waals surface area contributed by atoms with Crippen LogP contribution in [0.5, 0.6) is 0 Å². The summed E-state index contributed by atoms with van der Waals surface area (Å²) < 4.78 is 0. The lowest BCUT2D eigenvalue weighted by Crippen LogP contribution is -2.48. The van der Waals surface area contributed by atoms with Gasteiger partial charge in [0, 0.05) is 48.3 Å². The highest BCUT2D eigenvalue weighted by Crippen LogP contribution is 2.36. The van der Waals surface area contributed by atoms with Crippen LogP contribution in [0.4, 0.5) is 5.69 Å². The van der Waals surface area contributed by atoms with Gasteiger partial charge in [-0.2, -0.15) is 0 Å². The van der Waals surface area contributed by atoms with Gasteiger partial charge in [0.25, 0.3) is 11.8 Å². The summed E-state index contributed by atoms with van der Waals surface area (Å²) in [6.45, 7) is 3.61. The van der Waals surface area contributed by atoms with E-state index in [9.17, 15) is 9.59 Å². The van der Waals surface area contributed by atoms with E-state index in [1.165, 1.54) is 0 Å². The molecular formula is C30H35N5O2. The minimum Gasteiger partial charge on any atom is -0.387 e. The van der Waals surface area contributed by atoms with Crippen molar-refractivity contribution in [3.8, 4) is 11.1 Å². The molecular weight excluding hydrogens is 462 g/mol. The summed E-state index contributed by atoms with van der Waals surface area (Å²) in [7, 11) is 0. The number of carbonyl (C=O) groups is 2. The lowest BCUT2D eigenvalue weighted by atomic mass is 9.99. The minimum absolute atomic E-state index is 0.107. The van der Waals surface area contributed by atoms with Crippen LogP contribution in [-0.2, 0) is 4.79 Å². The molecule has 2 saturated heterocycles. The Labute approximate surface area is 218 Å². The van der Waals surface area contributed by atoms with E-state index < -0.39 is 0 Å². The fraction of sp³-hybridized carbons (Fsp3) is 0.433. The Morgan fingerprint density at radius 3 is 2.30 bits per heavy atom. The van der Waals surface area contributed by atoms with Crippen molar-refractivity contribution in [2.45, 2.75) is 57.0 Å². The first-order valence-corrected chi connectivity index (χ1v) is 13.7. The number of fused-ring (bicyclic) bond motifs is 1. The zero-order chi connectivity index (χ0) is 25.4. The maximum Gasteiger partial charge on any atom is 0.253 e. The summed E-state index contributed by atoms with van der Waals surface area (Å²) >= 11 is 0. The number of amides is 2. The minimum atomic E-state index is 0.107. The Kier molecular flexibility index (Phi) is 6.55. The van der Waals surface area contributed by atoms with Crippen LogP contribution >= 0.6 is 0 Å². The second-order valence-electron chi connectivity index (χ2n) is 10.7. The van der Waals surface area contributed by atoms with E-state index in [1.54, 1.807) is 0 Å². The molecule has 192 valence electrons. The van der Waals surface area contributed by atoms with E-state index in [4.69, 9.17) is 5.73 Å². The quantitative estimate of drug-likeness (QED) is 0.651. The Morgan fingerprint density at radius 1 is 0.919 bits per heavy atom. The number of likely N-dealkylation sites (tertiary alicyclic amines) is 1. The SMILES string of the molecule is NC1=Nc2cc(-c3ccc(C(=O)N4CCCC4)cc3)ccc2C=C(C(=O)N(C2CCNCC2)C2CC2)C1. The molecule has 2 aromatic rings. The molecule has 7 heteroatoms. The summed E-state index contributed by atoms with van der Waals surface area (Å²) in [6.07, 6.45) is 8.71. The third kappa shape index (κ3) is 5.05. The van der Waals surface area contributed by atoms with E-state index in [1.807, 2.05) is 47.4 Å². The molecule has 6 rings (SSSR count). The maximum atomic E-state index is 13.8. The lowest BCUT2D eigenvalue weighted by Gasteiger charge is -2.35. The Hall–Kier alpha value is -3.45. The van der Waals surface area contributed by atoms with E-state index in [2.05, 4.69) is 21.3 Å². The van der Waals surface area contributed by atoms with Crippen molar-refractivity contribution in [2.24, 2.45) is 10.7 Å². The number of aliphatic imine (C=N–C) groups is 1. The van der Waals surface area contributed by atoms with Crippen molar-refractivity contribution in [2.75, 3.05) is 26.2 Å². The van der Waals surface area contributed by atoms with E-state index in [-0.39, 0.29) is 11.8 Å². The van der Waals surface area contributed by atoms with Gasteiger partial charge in [-0.05, 0) is 87.0 Å². The van der Waals surface area contributed by atoms with Gasteiger partial charge in [0.05, 0.1) is 5.69 Å². The summed E-state index contributed by atoms with van der Waals surface area (Å²) in [6, 6.07) is 14.6. The number of hydrogen-bond acceptors (Lipinski definition) is 5. The van der Waals surface area contributed by atoms with Gasteiger partial charge in [-0.3, -0.25) is 9.59 Å². The van der Waals surface area contributed by atoms with Crippen LogP contribution in [0.15, 0.2) is 53.0 Å². The molecule has 3 fully saturated rings. The third-order valence-corrected chi connectivity index (χ3v) is 8.01. The van der Waals surface area contributed by atoms with Crippen LogP contribution < -0.4 is 11.1 Å². The highest BCUT2D eigenvalue weighted by Gasteiger charge is 2.39. The van der Waals surface area contributed by atoms with E-state index >= 15 is 0 Å². The van der Waals surface area contributed by atoms with Crippen molar-refractivity contribution in [1.82, 2.24) is 15.1 Å². The topological polar surface area (TPSA) is 91.0 Å².